The van der Waals surface area contributed by atoms with E-state index in [1.54, 1.807) is 6.08 Å². The predicted octanol–water partition coefficient (Wildman–Crippen LogP) is 1.91. The molecule has 84 valence electrons. The van der Waals surface area contributed by atoms with Crippen LogP contribution in [0.2, 0.25) is 0 Å². The Kier molecular flexibility index (Phi) is 2.38. The zero-order valence-electron chi connectivity index (χ0n) is 9.66. The maximum Gasteiger partial charge on any atom is 0.259 e. The van der Waals surface area contributed by atoms with Gasteiger partial charge in [0.2, 0.25) is 0 Å². The summed E-state index contributed by atoms with van der Waals surface area (Å²) in [5.74, 6) is 0.602. The predicted molar refractivity (Wildman–Crippen MR) is 61.0 cm³/mol. The first-order valence-corrected chi connectivity index (χ1v) is 5.58. The maximum absolute atomic E-state index is 11.0. The van der Waals surface area contributed by atoms with Crippen molar-refractivity contribution >= 4 is 5.91 Å². The summed E-state index contributed by atoms with van der Waals surface area (Å²) in [7, 11) is 0. The number of hydrogen-bond donors (Lipinski definition) is 1. The van der Waals surface area contributed by atoms with Crippen molar-refractivity contribution in [3.63, 3.8) is 0 Å². The van der Waals surface area contributed by atoms with Gasteiger partial charge in [-0.25, -0.2) is 0 Å². The van der Waals surface area contributed by atoms with Gasteiger partial charge in [0.1, 0.15) is 11.6 Å². The Labute approximate surface area is 95.6 Å². The highest BCUT2D eigenvalue weighted by Gasteiger charge is 2.50. The van der Waals surface area contributed by atoms with Crippen LogP contribution in [0.25, 0.3) is 0 Å². The van der Waals surface area contributed by atoms with Gasteiger partial charge in [0.25, 0.3) is 5.91 Å². The van der Waals surface area contributed by atoms with E-state index in [1.807, 2.05) is 6.07 Å². The van der Waals surface area contributed by atoms with E-state index in [0.717, 1.165) is 17.9 Å². The molecule has 2 unspecified atom stereocenters. The van der Waals surface area contributed by atoms with Crippen molar-refractivity contribution in [1.82, 2.24) is 0 Å². The van der Waals surface area contributed by atoms with E-state index >= 15 is 0 Å². The number of carbonyl (C=O) groups excluding carboxylic acids is 1. The molecule has 1 fully saturated rings. The Morgan fingerprint density at radius 1 is 1.69 bits per heavy atom. The first kappa shape index (κ1) is 10.9. The third-order valence-corrected chi connectivity index (χ3v) is 4.21. The molecule has 2 N–H and O–H groups in total. The number of nitrogens with two attached hydrogens (primary N) is 1. The van der Waals surface area contributed by atoms with Crippen molar-refractivity contribution in [3.8, 4) is 6.07 Å². The van der Waals surface area contributed by atoms with Crippen molar-refractivity contribution in [2.45, 2.75) is 26.7 Å². The monoisotopic (exact) mass is 216 g/mol. The quantitative estimate of drug-likeness (QED) is 0.566. The van der Waals surface area contributed by atoms with Crippen molar-refractivity contribution in [3.05, 3.63) is 23.3 Å². The molecular formula is C13H16N2O. The van der Waals surface area contributed by atoms with E-state index in [0.29, 0.717) is 11.3 Å². The van der Waals surface area contributed by atoms with Crippen LogP contribution in [0.5, 0.6) is 0 Å². The second-order valence-corrected chi connectivity index (χ2v) is 5.28. The molecule has 0 heterocycles. The van der Waals surface area contributed by atoms with Crippen molar-refractivity contribution in [1.29, 1.82) is 5.26 Å². The van der Waals surface area contributed by atoms with Crippen LogP contribution in [-0.4, -0.2) is 5.91 Å². The Morgan fingerprint density at radius 2 is 2.38 bits per heavy atom. The van der Waals surface area contributed by atoms with E-state index in [4.69, 9.17) is 11.0 Å². The highest BCUT2D eigenvalue weighted by Crippen LogP contribution is 2.59. The molecule has 3 aliphatic rings. The number of amides is 1. The molecule has 0 aromatic carbocycles. The van der Waals surface area contributed by atoms with E-state index in [1.165, 1.54) is 6.42 Å². The average molecular weight is 216 g/mol. The zero-order valence-corrected chi connectivity index (χ0v) is 9.66. The largest absolute Gasteiger partial charge is 0.365 e. The number of nitrogens with zero attached hydrogens (tertiary/aromatic N) is 1. The van der Waals surface area contributed by atoms with Gasteiger partial charge < -0.3 is 5.73 Å². The molecular weight excluding hydrogens is 200 g/mol. The Morgan fingerprint density at radius 3 is 2.81 bits per heavy atom. The van der Waals surface area contributed by atoms with E-state index in [2.05, 4.69) is 19.9 Å². The minimum absolute atomic E-state index is 0.0624. The molecule has 2 atom stereocenters. The number of fused-ring (bicyclic) bond motifs is 1. The summed E-state index contributed by atoms with van der Waals surface area (Å²) in [6, 6.07) is 1.86. The maximum atomic E-state index is 11.0. The van der Waals surface area contributed by atoms with Crippen LogP contribution in [0.1, 0.15) is 26.7 Å². The smallest absolute Gasteiger partial charge is 0.259 e. The van der Waals surface area contributed by atoms with Gasteiger partial charge in [-0.3, -0.25) is 4.79 Å². The zero-order chi connectivity index (χ0) is 11.9. The third-order valence-electron chi connectivity index (χ3n) is 4.21. The van der Waals surface area contributed by atoms with E-state index in [-0.39, 0.29) is 5.57 Å². The third kappa shape index (κ3) is 1.46. The second-order valence-electron chi connectivity index (χ2n) is 5.28. The molecule has 3 heteroatoms. The number of hydrogen-bond acceptors (Lipinski definition) is 2. The van der Waals surface area contributed by atoms with E-state index < -0.39 is 5.91 Å². The second kappa shape index (κ2) is 3.48. The van der Waals surface area contributed by atoms with Crippen LogP contribution in [0.3, 0.4) is 0 Å². The molecule has 0 aliphatic heterocycles. The minimum atomic E-state index is -0.636. The molecule has 3 rings (SSSR count). The lowest BCUT2D eigenvalue weighted by atomic mass is 9.49. The van der Waals surface area contributed by atoms with Crippen LogP contribution in [0.15, 0.2) is 23.3 Å². The standard InChI is InChI=1S/C13H16N2O/c1-13(2)10-4-3-8(11(13)6-10)5-9(7-14)12(15)16/h3,5,10-11H,4,6H2,1-2H3,(H2,15,16). The van der Waals surface area contributed by atoms with Gasteiger partial charge >= 0.3 is 0 Å². The van der Waals surface area contributed by atoms with Crippen LogP contribution in [0, 0.1) is 28.6 Å². The van der Waals surface area contributed by atoms with Gasteiger partial charge in [-0.05, 0) is 41.7 Å². The number of nitriles is 1. The number of rotatable bonds is 2. The summed E-state index contributed by atoms with van der Waals surface area (Å²) in [6.45, 7) is 4.51. The van der Waals surface area contributed by atoms with E-state index in [9.17, 15) is 4.79 Å². The van der Waals surface area contributed by atoms with Crippen molar-refractivity contribution in [2.75, 3.05) is 0 Å². The normalized spacial score (nSPS) is 31.1. The molecule has 2 bridgehead atoms. The molecule has 1 amide bonds. The fraction of sp³-hybridized carbons (Fsp3) is 0.538. The molecule has 0 radical (unpaired) electrons. The first-order valence-electron chi connectivity index (χ1n) is 5.58. The Bertz CT molecular complexity index is 437. The molecule has 16 heavy (non-hydrogen) atoms. The summed E-state index contributed by atoms with van der Waals surface area (Å²) in [6.07, 6.45) is 6.04. The fourth-order valence-electron chi connectivity index (χ4n) is 2.89. The molecule has 0 aromatic rings. The van der Waals surface area contributed by atoms with Crippen molar-refractivity contribution in [2.24, 2.45) is 23.0 Å². The highest BCUT2D eigenvalue weighted by atomic mass is 16.1. The highest BCUT2D eigenvalue weighted by molar-refractivity contribution is 5.96. The van der Waals surface area contributed by atoms with Gasteiger partial charge in [0.15, 0.2) is 0 Å². The lowest BCUT2D eigenvalue weighted by molar-refractivity contribution is -0.114. The molecule has 1 saturated carbocycles. The molecule has 3 aliphatic carbocycles. The molecule has 0 saturated heterocycles. The summed E-state index contributed by atoms with van der Waals surface area (Å²) in [5, 5.41) is 8.81. The molecule has 0 aromatic heterocycles. The summed E-state index contributed by atoms with van der Waals surface area (Å²) >= 11 is 0. The van der Waals surface area contributed by atoms with Gasteiger partial charge in [-0.2, -0.15) is 5.26 Å². The number of carbonyl (C=O) groups is 1. The summed E-state index contributed by atoms with van der Waals surface area (Å²) < 4.78 is 0. The van der Waals surface area contributed by atoms with Gasteiger partial charge in [0, 0.05) is 0 Å². The fourth-order valence-corrected chi connectivity index (χ4v) is 2.89. The van der Waals surface area contributed by atoms with Gasteiger partial charge in [-0.15, -0.1) is 0 Å². The number of allylic oxidation sites excluding steroid dienone is 3. The van der Waals surface area contributed by atoms with Crippen LogP contribution in [0.4, 0.5) is 0 Å². The Hall–Kier alpha value is -1.56. The number of primary amides is 1. The van der Waals surface area contributed by atoms with Crippen LogP contribution in [-0.2, 0) is 4.79 Å². The lowest BCUT2D eigenvalue weighted by Crippen LogP contribution is -2.47. The SMILES string of the molecule is CC1(C)C2CC=C(C=C(C#N)C(N)=O)C1C2. The Balaban J connectivity index is 2.28. The summed E-state index contributed by atoms with van der Waals surface area (Å²) in [5.41, 5.74) is 6.61. The lowest BCUT2D eigenvalue weighted by Gasteiger charge is -2.56. The first-order chi connectivity index (χ1) is 7.46. The summed E-state index contributed by atoms with van der Waals surface area (Å²) in [4.78, 5) is 11.0. The van der Waals surface area contributed by atoms with Gasteiger partial charge in [0.05, 0.1) is 0 Å². The van der Waals surface area contributed by atoms with Crippen LogP contribution >= 0.6 is 0 Å². The molecule has 0 spiro atoms. The minimum Gasteiger partial charge on any atom is -0.365 e. The van der Waals surface area contributed by atoms with Gasteiger partial charge in [-0.1, -0.05) is 19.9 Å². The average Bonchev–Trinajstić information content (AvgIpc) is 2.25. The topological polar surface area (TPSA) is 66.9 Å². The van der Waals surface area contributed by atoms with Crippen molar-refractivity contribution < 1.29 is 4.79 Å². The molecule has 3 nitrogen and oxygen atoms in total. The van der Waals surface area contributed by atoms with Crippen LogP contribution < -0.4 is 5.73 Å².